The van der Waals surface area contributed by atoms with Crippen molar-refractivity contribution in [1.82, 2.24) is 10.2 Å². The molecule has 1 aliphatic rings. The maximum Gasteiger partial charge on any atom is 0.0498 e. The highest BCUT2D eigenvalue weighted by Crippen LogP contribution is 2.02. The van der Waals surface area contributed by atoms with E-state index in [1.807, 2.05) is 26.1 Å². The molecule has 3 nitrogen and oxygen atoms in total. The predicted octanol–water partition coefficient (Wildman–Crippen LogP) is 1.40. The molecule has 0 bridgehead atoms. The Morgan fingerprint density at radius 3 is 2.64 bits per heavy atom. The third-order valence-corrected chi connectivity index (χ3v) is 2.36. The topological polar surface area (TPSA) is 27.6 Å². The highest BCUT2D eigenvalue weighted by molar-refractivity contribution is 5.77. The summed E-state index contributed by atoms with van der Waals surface area (Å²) in [6, 6.07) is 0. The maximum atomic E-state index is 4.29. The van der Waals surface area contributed by atoms with Crippen LogP contribution < -0.4 is 5.32 Å². The van der Waals surface area contributed by atoms with E-state index >= 15 is 0 Å². The van der Waals surface area contributed by atoms with Gasteiger partial charge in [-0.15, -0.1) is 0 Å². The van der Waals surface area contributed by atoms with E-state index in [0.29, 0.717) is 0 Å². The van der Waals surface area contributed by atoms with Crippen molar-refractivity contribution in [3.63, 3.8) is 0 Å². The van der Waals surface area contributed by atoms with Crippen LogP contribution in [0.3, 0.4) is 0 Å². The molecule has 0 aromatic rings. The monoisotopic (exact) mass is 193 g/mol. The molecule has 0 spiro atoms. The lowest BCUT2D eigenvalue weighted by Gasteiger charge is -2.29. The third kappa shape index (κ3) is 3.34. The van der Waals surface area contributed by atoms with Crippen molar-refractivity contribution in [2.24, 2.45) is 4.99 Å². The maximum absolute atomic E-state index is 4.29. The molecule has 0 amide bonds. The van der Waals surface area contributed by atoms with Crippen LogP contribution in [0.5, 0.6) is 0 Å². The third-order valence-electron chi connectivity index (χ3n) is 2.36. The minimum absolute atomic E-state index is 1.01. The first-order valence-electron chi connectivity index (χ1n) is 5.05. The molecule has 3 heteroatoms. The van der Waals surface area contributed by atoms with E-state index in [2.05, 4.69) is 21.8 Å². The molecular weight excluding hydrogens is 174 g/mol. The largest absolute Gasteiger partial charge is 0.368 e. The van der Waals surface area contributed by atoms with Crippen LogP contribution in [0.2, 0.25) is 0 Å². The average molecular weight is 193 g/mol. The summed E-state index contributed by atoms with van der Waals surface area (Å²) in [4.78, 5) is 6.55. The summed E-state index contributed by atoms with van der Waals surface area (Å²) in [6.45, 7) is 12.1. The van der Waals surface area contributed by atoms with Gasteiger partial charge in [0.05, 0.1) is 0 Å². The van der Waals surface area contributed by atoms with Crippen molar-refractivity contribution >= 4 is 6.21 Å². The summed E-state index contributed by atoms with van der Waals surface area (Å²) in [6.07, 6.45) is 3.84. The van der Waals surface area contributed by atoms with Gasteiger partial charge in [0.15, 0.2) is 0 Å². The van der Waals surface area contributed by atoms with E-state index in [0.717, 1.165) is 37.6 Å². The molecule has 0 aromatic heterocycles. The quantitative estimate of drug-likeness (QED) is 0.686. The van der Waals surface area contributed by atoms with Crippen LogP contribution >= 0.6 is 0 Å². The van der Waals surface area contributed by atoms with Crippen molar-refractivity contribution in [2.45, 2.75) is 13.8 Å². The van der Waals surface area contributed by atoms with E-state index in [1.165, 1.54) is 0 Å². The first kappa shape index (κ1) is 11.0. The van der Waals surface area contributed by atoms with Crippen LogP contribution in [0.4, 0.5) is 0 Å². The van der Waals surface area contributed by atoms with Gasteiger partial charge in [0.25, 0.3) is 0 Å². The van der Waals surface area contributed by atoms with Gasteiger partial charge < -0.3 is 10.2 Å². The summed E-state index contributed by atoms with van der Waals surface area (Å²) in [7, 11) is 0. The van der Waals surface area contributed by atoms with Crippen molar-refractivity contribution in [1.29, 1.82) is 0 Å². The summed E-state index contributed by atoms with van der Waals surface area (Å²) in [5, 5.41) is 3.31. The van der Waals surface area contributed by atoms with Crippen molar-refractivity contribution in [3.05, 3.63) is 24.0 Å². The predicted molar refractivity (Wildman–Crippen MR) is 61.5 cm³/mol. The average Bonchev–Trinajstić information content (AvgIpc) is 2.26. The Balaban J connectivity index is 2.44. The smallest absolute Gasteiger partial charge is 0.0498 e. The van der Waals surface area contributed by atoms with Crippen LogP contribution in [0, 0.1) is 0 Å². The van der Waals surface area contributed by atoms with Crippen molar-refractivity contribution in [3.8, 4) is 0 Å². The Hall–Kier alpha value is -1.09. The Morgan fingerprint density at radius 2 is 2.07 bits per heavy atom. The number of rotatable bonds is 3. The summed E-state index contributed by atoms with van der Waals surface area (Å²) < 4.78 is 0. The van der Waals surface area contributed by atoms with E-state index < -0.39 is 0 Å². The summed E-state index contributed by atoms with van der Waals surface area (Å²) in [5.74, 6) is 0. The number of allylic oxidation sites excluding steroid dienone is 3. The lowest BCUT2D eigenvalue weighted by atomic mass is 10.3. The zero-order valence-electron chi connectivity index (χ0n) is 9.08. The van der Waals surface area contributed by atoms with E-state index in [9.17, 15) is 0 Å². The molecule has 1 heterocycles. The lowest BCUT2D eigenvalue weighted by molar-refractivity contribution is 0.314. The normalized spacial score (nSPS) is 19.0. The van der Waals surface area contributed by atoms with Gasteiger partial charge in [0, 0.05) is 43.8 Å². The molecule has 14 heavy (non-hydrogen) atoms. The van der Waals surface area contributed by atoms with Crippen molar-refractivity contribution in [2.75, 3.05) is 26.2 Å². The molecule has 0 unspecified atom stereocenters. The zero-order chi connectivity index (χ0) is 10.4. The number of hydrogen-bond acceptors (Lipinski definition) is 3. The number of nitrogens with one attached hydrogen (secondary N) is 1. The summed E-state index contributed by atoms with van der Waals surface area (Å²) in [5.41, 5.74) is 2.04. The van der Waals surface area contributed by atoms with Gasteiger partial charge in [0.2, 0.25) is 0 Å². The van der Waals surface area contributed by atoms with Gasteiger partial charge in [-0.2, -0.15) is 0 Å². The molecule has 0 atom stereocenters. The van der Waals surface area contributed by atoms with Crippen LogP contribution in [-0.2, 0) is 0 Å². The lowest BCUT2D eigenvalue weighted by Crippen LogP contribution is -2.42. The molecule has 1 saturated heterocycles. The second-order valence-corrected chi connectivity index (χ2v) is 3.42. The Bertz CT molecular complexity index is 247. The van der Waals surface area contributed by atoms with E-state index in [-0.39, 0.29) is 0 Å². The van der Waals surface area contributed by atoms with Crippen LogP contribution in [0.25, 0.3) is 0 Å². The second-order valence-electron chi connectivity index (χ2n) is 3.42. The minimum atomic E-state index is 1.01. The molecule has 0 aromatic carbocycles. The number of aliphatic imine (C=N–C) groups is 1. The molecule has 0 radical (unpaired) electrons. The highest BCUT2D eigenvalue weighted by atomic mass is 15.2. The molecule has 0 saturated carbocycles. The molecule has 78 valence electrons. The zero-order valence-corrected chi connectivity index (χ0v) is 9.08. The first-order chi connectivity index (χ1) is 6.74. The molecule has 0 aliphatic carbocycles. The van der Waals surface area contributed by atoms with Gasteiger partial charge >= 0.3 is 0 Å². The van der Waals surface area contributed by atoms with Gasteiger partial charge in [-0.1, -0.05) is 12.7 Å². The Morgan fingerprint density at radius 1 is 1.43 bits per heavy atom. The van der Waals surface area contributed by atoms with Crippen LogP contribution in [-0.4, -0.2) is 37.3 Å². The molecule has 1 rings (SSSR count). The highest BCUT2D eigenvalue weighted by Gasteiger charge is 2.08. The van der Waals surface area contributed by atoms with E-state index in [4.69, 9.17) is 0 Å². The number of piperazine rings is 1. The Labute approximate surface area is 86.2 Å². The van der Waals surface area contributed by atoms with E-state index in [1.54, 1.807) is 0 Å². The molecule has 1 N–H and O–H groups in total. The first-order valence-corrected chi connectivity index (χ1v) is 5.05. The van der Waals surface area contributed by atoms with Crippen molar-refractivity contribution < 1.29 is 0 Å². The standard InChI is InChI=1S/C11H19N3/c1-4-10(2)13-9-11(3)14-7-5-12-6-8-14/h4,9,12H,3,5-8H2,1-2H3/b10-4-,13-9-. The van der Waals surface area contributed by atoms with Gasteiger partial charge in [-0.25, -0.2) is 0 Å². The minimum Gasteiger partial charge on any atom is -0.368 e. The SMILES string of the molecule is C=C(/C=N\C(C)=C/C)N1CCNCC1. The summed E-state index contributed by atoms with van der Waals surface area (Å²) >= 11 is 0. The van der Waals surface area contributed by atoms with Gasteiger partial charge in [-0.3, -0.25) is 4.99 Å². The molecule has 1 fully saturated rings. The fraction of sp³-hybridized carbons (Fsp3) is 0.545. The molecule has 1 aliphatic heterocycles. The van der Waals surface area contributed by atoms with Gasteiger partial charge in [0.1, 0.15) is 0 Å². The Kier molecular flexibility index (Phi) is 4.40. The van der Waals surface area contributed by atoms with Crippen LogP contribution in [0.1, 0.15) is 13.8 Å². The fourth-order valence-electron chi connectivity index (χ4n) is 1.28. The molecular formula is C11H19N3. The fourth-order valence-corrected chi connectivity index (χ4v) is 1.28. The van der Waals surface area contributed by atoms with Gasteiger partial charge in [-0.05, 0) is 13.8 Å². The second kappa shape index (κ2) is 5.60. The number of nitrogens with zero attached hydrogens (tertiary/aromatic N) is 2. The van der Waals surface area contributed by atoms with Crippen LogP contribution in [0.15, 0.2) is 29.0 Å². The number of hydrogen-bond donors (Lipinski definition) is 1.